The van der Waals surface area contributed by atoms with Crippen molar-refractivity contribution < 1.29 is 0 Å². The van der Waals surface area contributed by atoms with Crippen LogP contribution in [0.25, 0.3) is 39.6 Å². The van der Waals surface area contributed by atoms with Crippen molar-refractivity contribution in [3.8, 4) is 39.6 Å². The molecule has 5 aromatic rings. The van der Waals surface area contributed by atoms with E-state index in [0.717, 1.165) is 22.6 Å². The lowest BCUT2D eigenvalue weighted by atomic mass is 9.87. The molecule has 33 heavy (non-hydrogen) atoms. The van der Waals surface area contributed by atoms with E-state index >= 15 is 0 Å². The van der Waals surface area contributed by atoms with E-state index in [-0.39, 0.29) is 5.41 Å². The van der Waals surface area contributed by atoms with E-state index in [2.05, 4.69) is 106 Å². The van der Waals surface area contributed by atoms with Crippen LogP contribution in [-0.4, -0.2) is 14.8 Å². The third-order valence-corrected chi connectivity index (χ3v) is 5.87. The van der Waals surface area contributed by atoms with E-state index < -0.39 is 0 Å². The number of benzene rings is 4. The maximum Gasteiger partial charge on any atom is 0.182 e. The average molecular weight is 430 g/mol. The van der Waals surface area contributed by atoms with Gasteiger partial charge in [-0.1, -0.05) is 118 Å². The smallest absolute Gasteiger partial charge is 0.182 e. The number of aromatic nitrogens is 3. The van der Waals surface area contributed by atoms with Gasteiger partial charge in [-0.3, -0.25) is 0 Å². The van der Waals surface area contributed by atoms with Crippen molar-refractivity contribution in [1.29, 1.82) is 0 Å². The third-order valence-electron chi connectivity index (χ3n) is 5.87. The summed E-state index contributed by atoms with van der Waals surface area (Å²) in [4.78, 5) is 4.97. The SMILES string of the molecule is CC(C)(C)c1ccc(-c2nc(-c3ccc(-c4ccccc4)cc3)nn2-c2ccccc2)cc1. The average Bonchev–Trinajstić information content (AvgIpc) is 3.30. The van der Waals surface area contributed by atoms with E-state index in [1.54, 1.807) is 0 Å². The van der Waals surface area contributed by atoms with Crippen LogP contribution in [0, 0.1) is 0 Å². The second kappa shape index (κ2) is 8.51. The van der Waals surface area contributed by atoms with Crippen molar-refractivity contribution >= 4 is 0 Å². The van der Waals surface area contributed by atoms with Gasteiger partial charge in [0, 0.05) is 11.1 Å². The monoisotopic (exact) mass is 429 g/mol. The summed E-state index contributed by atoms with van der Waals surface area (Å²) in [6, 6.07) is 37.7. The predicted octanol–water partition coefficient (Wildman–Crippen LogP) is 7.57. The first-order chi connectivity index (χ1) is 16.0. The fourth-order valence-electron chi connectivity index (χ4n) is 3.93. The number of para-hydroxylation sites is 1. The summed E-state index contributed by atoms with van der Waals surface area (Å²) in [5.74, 6) is 1.55. The first kappa shape index (κ1) is 20.9. The van der Waals surface area contributed by atoms with Crippen LogP contribution < -0.4 is 0 Å². The molecule has 0 atom stereocenters. The fourth-order valence-corrected chi connectivity index (χ4v) is 3.93. The van der Waals surface area contributed by atoms with Gasteiger partial charge in [0.1, 0.15) is 0 Å². The zero-order chi connectivity index (χ0) is 22.8. The molecule has 5 rings (SSSR count). The second-order valence-corrected chi connectivity index (χ2v) is 9.28. The minimum absolute atomic E-state index is 0.108. The summed E-state index contributed by atoms with van der Waals surface area (Å²) in [6.45, 7) is 6.68. The molecule has 0 saturated carbocycles. The fraction of sp³-hybridized carbons (Fsp3) is 0.133. The Morgan fingerprint density at radius 2 is 1.06 bits per heavy atom. The van der Waals surface area contributed by atoms with Crippen LogP contribution in [0.3, 0.4) is 0 Å². The standard InChI is InChI=1S/C30H27N3/c1-30(2,3)26-20-18-25(19-21-26)29-31-28(32-33(29)27-12-8-5-9-13-27)24-16-14-23(15-17-24)22-10-6-4-7-11-22/h4-21H,1-3H3. The summed E-state index contributed by atoms with van der Waals surface area (Å²) in [6.07, 6.45) is 0. The van der Waals surface area contributed by atoms with Crippen molar-refractivity contribution in [2.75, 3.05) is 0 Å². The van der Waals surface area contributed by atoms with Crippen LogP contribution in [-0.2, 0) is 5.41 Å². The van der Waals surface area contributed by atoms with Crippen LogP contribution in [0.2, 0.25) is 0 Å². The van der Waals surface area contributed by atoms with Crippen LogP contribution >= 0.6 is 0 Å². The first-order valence-electron chi connectivity index (χ1n) is 11.3. The third kappa shape index (κ3) is 4.35. The van der Waals surface area contributed by atoms with E-state index in [9.17, 15) is 0 Å². The molecule has 0 N–H and O–H groups in total. The summed E-state index contributed by atoms with van der Waals surface area (Å²) >= 11 is 0. The Morgan fingerprint density at radius 3 is 1.67 bits per heavy atom. The summed E-state index contributed by atoms with van der Waals surface area (Å²) in [7, 11) is 0. The minimum Gasteiger partial charge on any atom is -0.213 e. The van der Waals surface area contributed by atoms with Gasteiger partial charge in [0.05, 0.1) is 5.69 Å². The molecule has 3 heteroatoms. The lowest BCUT2D eigenvalue weighted by Gasteiger charge is -2.19. The van der Waals surface area contributed by atoms with Gasteiger partial charge in [-0.25, -0.2) is 9.67 Å². The molecule has 3 nitrogen and oxygen atoms in total. The molecule has 0 fully saturated rings. The quantitative estimate of drug-likeness (QED) is 0.295. The van der Waals surface area contributed by atoms with E-state index in [4.69, 9.17) is 10.1 Å². The molecule has 0 amide bonds. The zero-order valence-electron chi connectivity index (χ0n) is 19.2. The highest BCUT2D eigenvalue weighted by molar-refractivity contribution is 5.69. The molecule has 1 aromatic heterocycles. The summed E-state index contributed by atoms with van der Waals surface area (Å²) < 4.78 is 1.94. The normalized spacial score (nSPS) is 11.5. The Hall–Kier alpha value is -3.98. The van der Waals surface area contributed by atoms with Crippen molar-refractivity contribution in [3.05, 3.63) is 115 Å². The molecule has 1 heterocycles. The first-order valence-corrected chi connectivity index (χ1v) is 11.3. The van der Waals surface area contributed by atoms with Gasteiger partial charge in [0.25, 0.3) is 0 Å². The van der Waals surface area contributed by atoms with Gasteiger partial charge >= 0.3 is 0 Å². The second-order valence-electron chi connectivity index (χ2n) is 9.28. The maximum atomic E-state index is 4.97. The molecule has 0 aliphatic carbocycles. The topological polar surface area (TPSA) is 30.7 Å². The molecular formula is C30H27N3. The number of hydrogen-bond donors (Lipinski definition) is 0. The molecule has 0 aliphatic rings. The highest BCUT2D eigenvalue weighted by Crippen LogP contribution is 2.29. The molecule has 0 spiro atoms. The van der Waals surface area contributed by atoms with Gasteiger partial charge in [-0.05, 0) is 34.2 Å². The van der Waals surface area contributed by atoms with Crippen molar-refractivity contribution in [3.63, 3.8) is 0 Å². The molecule has 4 aromatic carbocycles. The van der Waals surface area contributed by atoms with Crippen molar-refractivity contribution in [2.24, 2.45) is 0 Å². The predicted molar refractivity (Wildman–Crippen MR) is 136 cm³/mol. The largest absolute Gasteiger partial charge is 0.213 e. The molecule has 162 valence electrons. The molecule has 0 radical (unpaired) electrons. The Morgan fingerprint density at radius 1 is 0.545 bits per heavy atom. The van der Waals surface area contributed by atoms with Crippen molar-refractivity contribution in [1.82, 2.24) is 14.8 Å². The minimum atomic E-state index is 0.108. The molecule has 0 aliphatic heterocycles. The number of hydrogen-bond acceptors (Lipinski definition) is 2. The van der Waals surface area contributed by atoms with Gasteiger partial charge in [0.15, 0.2) is 11.6 Å². The highest BCUT2D eigenvalue weighted by Gasteiger charge is 2.17. The van der Waals surface area contributed by atoms with Crippen LogP contribution in [0.1, 0.15) is 26.3 Å². The highest BCUT2D eigenvalue weighted by atomic mass is 15.4. The molecule has 0 saturated heterocycles. The molecule has 0 unspecified atom stereocenters. The van der Waals surface area contributed by atoms with E-state index in [1.807, 2.05) is 28.9 Å². The van der Waals surface area contributed by atoms with Crippen LogP contribution in [0.5, 0.6) is 0 Å². The van der Waals surface area contributed by atoms with Crippen LogP contribution in [0.15, 0.2) is 109 Å². The van der Waals surface area contributed by atoms with Gasteiger partial charge in [0.2, 0.25) is 0 Å². The van der Waals surface area contributed by atoms with Crippen LogP contribution in [0.4, 0.5) is 0 Å². The van der Waals surface area contributed by atoms with E-state index in [1.165, 1.54) is 16.7 Å². The van der Waals surface area contributed by atoms with Gasteiger partial charge < -0.3 is 0 Å². The Kier molecular flexibility index (Phi) is 5.39. The zero-order valence-corrected chi connectivity index (χ0v) is 19.2. The van der Waals surface area contributed by atoms with Gasteiger partial charge in [-0.15, -0.1) is 5.10 Å². The summed E-state index contributed by atoms with van der Waals surface area (Å²) in [5, 5.41) is 4.91. The Bertz CT molecular complexity index is 1340. The number of rotatable bonds is 4. The van der Waals surface area contributed by atoms with E-state index in [0.29, 0.717) is 5.82 Å². The lowest BCUT2D eigenvalue weighted by Crippen LogP contribution is -2.10. The molecular weight excluding hydrogens is 402 g/mol. The maximum absolute atomic E-state index is 4.97. The lowest BCUT2D eigenvalue weighted by molar-refractivity contribution is 0.590. The van der Waals surface area contributed by atoms with Crippen molar-refractivity contribution in [2.45, 2.75) is 26.2 Å². The molecule has 0 bridgehead atoms. The number of nitrogens with zero attached hydrogens (tertiary/aromatic N) is 3. The van der Waals surface area contributed by atoms with Gasteiger partial charge in [-0.2, -0.15) is 0 Å². The Balaban J connectivity index is 1.57. The Labute approximate surface area is 195 Å². The summed E-state index contributed by atoms with van der Waals surface area (Å²) in [5.41, 5.74) is 6.83.